The molecule has 0 aliphatic rings. The highest BCUT2D eigenvalue weighted by atomic mass is 16.5. The van der Waals surface area contributed by atoms with Crippen LogP contribution in [0.15, 0.2) is 28.8 Å². The quantitative estimate of drug-likeness (QED) is 0.879. The van der Waals surface area contributed by atoms with Gasteiger partial charge in [-0.25, -0.2) is 0 Å². The Hall–Kier alpha value is -1.97. The molecule has 17 heavy (non-hydrogen) atoms. The molecule has 0 spiro atoms. The number of methoxy groups -OCH3 is 1. The number of hydrogen-bond donors (Lipinski definition) is 1. The van der Waals surface area contributed by atoms with Crippen LogP contribution in [-0.4, -0.2) is 12.3 Å². The van der Waals surface area contributed by atoms with Crippen LogP contribution in [0, 0.1) is 0 Å². The van der Waals surface area contributed by atoms with Crippen LogP contribution in [0.4, 0.5) is 5.88 Å². The summed E-state index contributed by atoms with van der Waals surface area (Å²) < 4.78 is 10.2. The van der Waals surface area contributed by atoms with E-state index in [1.165, 1.54) is 5.56 Å². The molecule has 4 nitrogen and oxygen atoms in total. The zero-order valence-electron chi connectivity index (χ0n) is 10.1. The van der Waals surface area contributed by atoms with Crippen LogP contribution in [0.1, 0.15) is 23.7 Å². The van der Waals surface area contributed by atoms with Crippen molar-refractivity contribution in [2.75, 3.05) is 12.8 Å². The van der Waals surface area contributed by atoms with Gasteiger partial charge in [-0.05, 0) is 18.1 Å². The SMILES string of the molecule is CCc1ccc(OC)c(Cc2cc(N)on2)c1. The first-order valence-electron chi connectivity index (χ1n) is 5.59. The van der Waals surface area contributed by atoms with Crippen molar-refractivity contribution in [2.24, 2.45) is 0 Å². The van der Waals surface area contributed by atoms with Gasteiger partial charge in [0.1, 0.15) is 5.75 Å². The van der Waals surface area contributed by atoms with Crippen molar-refractivity contribution in [2.45, 2.75) is 19.8 Å². The number of benzene rings is 1. The predicted molar refractivity (Wildman–Crippen MR) is 66.1 cm³/mol. The fourth-order valence-corrected chi connectivity index (χ4v) is 1.80. The van der Waals surface area contributed by atoms with Gasteiger partial charge in [-0.3, -0.25) is 0 Å². The van der Waals surface area contributed by atoms with Crippen LogP contribution in [0.25, 0.3) is 0 Å². The number of anilines is 1. The standard InChI is InChI=1S/C13H16N2O2/c1-3-9-4-5-12(16-2)10(6-9)7-11-8-13(14)17-15-11/h4-6,8H,3,7,14H2,1-2H3. The summed E-state index contributed by atoms with van der Waals surface area (Å²) in [4.78, 5) is 0. The first-order valence-corrected chi connectivity index (χ1v) is 5.59. The summed E-state index contributed by atoms with van der Waals surface area (Å²) in [5.41, 5.74) is 8.69. The third-order valence-corrected chi connectivity index (χ3v) is 2.70. The van der Waals surface area contributed by atoms with E-state index >= 15 is 0 Å². The van der Waals surface area contributed by atoms with Gasteiger partial charge in [-0.2, -0.15) is 0 Å². The summed E-state index contributed by atoms with van der Waals surface area (Å²) in [6.45, 7) is 2.12. The largest absolute Gasteiger partial charge is 0.496 e. The minimum Gasteiger partial charge on any atom is -0.496 e. The number of nitrogens with two attached hydrogens (primary N) is 1. The second kappa shape index (κ2) is 4.91. The first-order chi connectivity index (χ1) is 8.22. The molecule has 4 heteroatoms. The predicted octanol–water partition coefficient (Wildman–Crippen LogP) is 2.42. The number of ether oxygens (including phenoxy) is 1. The Morgan fingerprint density at radius 2 is 2.18 bits per heavy atom. The van der Waals surface area contributed by atoms with Crippen molar-refractivity contribution in [1.82, 2.24) is 5.16 Å². The van der Waals surface area contributed by atoms with Crippen LogP contribution in [-0.2, 0) is 12.8 Å². The fourth-order valence-electron chi connectivity index (χ4n) is 1.80. The lowest BCUT2D eigenvalue weighted by Gasteiger charge is -2.08. The minimum absolute atomic E-state index is 0.339. The van der Waals surface area contributed by atoms with Crippen molar-refractivity contribution >= 4 is 5.88 Å². The molecule has 0 unspecified atom stereocenters. The third-order valence-electron chi connectivity index (χ3n) is 2.70. The van der Waals surface area contributed by atoms with Crippen LogP contribution >= 0.6 is 0 Å². The van der Waals surface area contributed by atoms with Crippen LogP contribution < -0.4 is 10.5 Å². The second-order valence-electron chi connectivity index (χ2n) is 3.90. The molecule has 0 aliphatic carbocycles. The second-order valence-corrected chi connectivity index (χ2v) is 3.90. The molecular weight excluding hydrogens is 216 g/mol. The Labute approximate surface area is 100 Å². The summed E-state index contributed by atoms with van der Waals surface area (Å²) >= 11 is 0. The molecule has 0 radical (unpaired) electrons. The van der Waals surface area contributed by atoms with Gasteiger partial charge < -0.3 is 15.0 Å². The molecule has 1 aromatic carbocycles. The van der Waals surface area contributed by atoms with E-state index in [0.29, 0.717) is 12.3 Å². The number of aromatic nitrogens is 1. The van der Waals surface area contributed by atoms with Gasteiger partial charge in [0, 0.05) is 18.1 Å². The van der Waals surface area contributed by atoms with Crippen molar-refractivity contribution in [3.8, 4) is 5.75 Å². The van der Waals surface area contributed by atoms with E-state index in [1.54, 1.807) is 13.2 Å². The van der Waals surface area contributed by atoms with Gasteiger partial charge in [-0.1, -0.05) is 24.2 Å². The lowest BCUT2D eigenvalue weighted by Crippen LogP contribution is -1.95. The molecule has 0 fully saturated rings. The van der Waals surface area contributed by atoms with Crippen molar-refractivity contribution in [1.29, 1.82) is 0 Å². The molecule has 2 rings (SSSR count). The van der Waals surface area contributed by atoms with Gasteiger partial charge in [0.05, 0.1) is 12.8 Å². The smallest absolute Gasteiger partial charge is 0.222 e. The normalized spacial score (nSPS) is 10.5. The summed E-state index contributed by atoms with van der Waals surface area (Å²) in [6, 6.07) is 7.92. The van der Waals surface area contributed by atoms with E-state index in [1.807, 2.05) is 6.07 Å². The molecule has 2 aromatic rings. The highest BCUT2D eigenvalue weighted by Crippen LogP contribution is 2.23. The van der Waals surface area contributed by atoms with Crippen molar-refractivity contribution in [3.05, 3.63) is 41.1 Å². The Bertz CT molecular complexity index is 506. The minimum atomic E-state index is 0.339. The highest BCUT2D eigenvalue weighted by molar-refractivity contribution is 5.40. The van der Waals surface area contributed by atoms with Crippen molar-refractivity contribution < 1.29 is 9.26 Å². The topological polar surface area (TPSA) is 61.3 Å². The molecule has 1 heterocycles. The maximum atomic E-state index is 5.50. The summed E-state index contributed by atoms with van der Waals surface area (Å²) in [5.74, 6) is 1.20. The fraction of sp³-hybridized carbons (Fsp3) is 0.308. The number of nitrogen functional groups attached to an aromatic ring is 1. The Balaban J connectivity index is 2.29. The van der Waals surface area contributed by atoms with Gasteiger partial charge in [-0.15, -0.1) is 0 Å². The monoisotopic (exact) mass is 232 g/mol. The average Bonchev–Trinajstić information content (AvgIpc) is 2.74. The average molecular weight is 232 g/mol. The van der Waals surface area contributed by atoms with Crippen LogP contribution in [0.5, 0.6) is 5.75 Å². The van der Waals surface area contributed by atoms with Crippen LogP contribution in [0.2, 0.25) is 0 Å². The number of nitrogens with zero attached hydrogens (tertiary/aromatic N) is 1. The molecule has 0 aliphatic heterocycles. The summed E-state index contributed by atoms with van der Waals surface area (Å²) in [5, 5.41) is 3.89. The number of rotatable bonds is 4. The molecule has 90 valence electrons. The van der Waals surface area contributed by atoms with E-state index in [0.717, 1.165) is 23.4 Å². The van der Waals surface area contributed by atoms with E-state index in [9.17, 15) is 0 Å². The van der Waals surface area contributed by atoms with Gasteiger partial charge in [0.15, 0.2) is 0 Å². The van der Waals surface area contributed by atoms with E-state index in [4.69, 9.17) is 15.0 Å². The Kier molecular flexibility index (Phi) is 3.32. The maximum absolute atomic E-state index is 5.50. The maximum Gasteiger partial charge on any atom is 0.222 e. The molecule has 1 aromatic heterocycles. The summed E-state index contributed by atoms with van der Waals surface area (Å²) in [7, 11) is 1.67. The number of aryl methyl sites for hydroxylation is 1. The van der Waals surface area contributed by atoms with Gasteiger partial charge >= 0.3 is 0 Å². The molecule has 0 saturated heterocycles. The summed E-state index contributed by atoms with van der Waals surface area (Å²) in [6.07, 6.45) is 1.66. The Morgan fingerprint density at radius 3 is 2.76 bits per heavy atom. The lowest BCUT2D eigenvalue weighted by molar-refractivity contribution is 0.408. The molecule has 0 amide bonds. The van der Waals surface area contributed by atoms with Gasteiger partial charge in [0.25, 0.3) is 0 Å². The lowest BCUT2D eigenvalue weighted by atomic mass is 10.0. The van der Waals surface area contributed by atoms with Crippen molar-refractivity contribution in [3.63, 3.8) is 0 Å². The highest BCUT2D eigenvalue weighted by Gasteiger charge is 2.08. The van der Waals surface area contributed by atoms with Gasteiger partial charge in [0.2, 0.25) is 5.88 Å². The molecule has 0 bridgehead atoms. The molecular formula is C13H16N2O2. The third kappa shape index (κ3) is 2.58. The van der Waals surface area contributed by atoms with Crippen LogP contribution in [0.3, 0.4) is 0 Å². The first kappa shape index (κ1) is 11.5. The zero-order valence-corrected chi connectivity index (χ0v) is 10.1. The molecule has 0 atom stereocenters. The van der Waals surface area contributed by atoms with E-state index < -0.39 is 0 Å². The molecule has 2 N–H and O–H groups in total. The zero-order chi connectivity index (χ0) is 12.3. The Morgan fingerprint density at radius 1 is 1.35 bits per heavy atom. The molecule has 0 saturated carbocycles. The van der Waals surface area contributed by atoms with E-state index in [-0.39, 0.29) is 0 Å². The van der Waals surface area contributed by atoms with E-state index in [2.05, 4.69) is 24.2 Å². The number of hydrogen-bond acceptors (Lipinski definition) is 4.